The van der Waals surface area contributed by atoms with E-state index in [9.17, 15) is 0 Å². The van der Waals surface area contributed by atoms with Gasteiger partial charge in [-0.05, 0) is 132 Å². The highest BCUT2D eigenvalue weighted by molar-refractivity contribution is 6.28. The van der Waals surface area contributed by atoms with Crippen LogP contribution in [0.4, 0.5) is 28.4 Å². The van der Waals surface area contributed by atoms with Gasteiger partial charge in [0.05, 0.1) is 11.4 Å². The minimum atomic E-state index is 0.803. The molecule has 0 saturated heterocycles. The van der Waals surface area contributed by atoms with E-state index >= 15 is 0 Å². The number of hydrogen-bond donors (Lipinski definition) is 0. The van der Waals surface area contributed by atoms with Crippen molar-refractivity contribution >= 4 is 138 Å². The molecule has 0 N–H and O–H groups in total. The number of para-hydroxylation sites is 5. The van der Waals surface area contributed by atoms with Gasteiger partial charge in [0.15, 0.2) is 11.2 Å². The lowest BCUT2D eigenvalue weighted by Gasteiger charge is -2.26. The number of hydrogen-bond acceptors (Lipinski definition) is 6. The topological polar surface area (TPSA) is 59.0 Å². The molecule has 0 aliphatic carbocycles. The fourth-order valence-corrected chi connectivity index (χ4v) is 10.5. The molecule has 10 aromatic carbocycles. The van der Waals surface area contributed by atoms with Gasteiger partial charge in [0.1, 0.15) is 33.5 Å². The quantitative estimate of drug-likeness (QED) is 0.142. The molecule has 0 radical (unpaired) electrons. The summed E-state index contributed by atoms with van der Waals surface area (Å²) < 4.78 is 26.6. The fourth-order valence-electron chi connectivity index (χ4n) is 10.5. The Morgan fingerprint density at radius 2 is 0.928 bits per heavy atom. The standard InChI is InChI=1S/C63H40N2O4/c1-3-4-6-15-38(2)64(52-22-13-20-48-46-18-9-11-24-54(46)68-62(48)52)44-28-26-39-34-50-58(36-41(39)32-44)66-56-30-31-57-61(60(50)56)51-35-40-27-29-45(33-42(40)37-59(51)67-57)65(43-16-7-5-8-17-43)53-23-14-21-49-47-19-10-12-25-55(47)69-63(49)53/h3-37H,2H2,1H3/b4-3-,15-6-. The third kappa shape index (κ3) is 6.05. The number of allylic oxidation sites excluding steroid dienone is 4. The zero-order valence-electron chi connectivity index (χ0n) is 37.4. The van der Waals surface area contributed by atoms with Crippen LogP contribution in [-0.2, 0) is 0 Å². The molecule has 69 heavy (non-hydrogen) atoms. The van der Waals surface area contributed by atoms with Gasteiger partial charge in [-0.25, -0.2) is 0 Å². The number of rotatable bonds is 8. The summed E-state index contributed by atoms with van der Waals surface area (Å²) in [6.45, 7) is 6.56. The molecule has 0 unspecified atom stereocenters. The van der Waals surface area contributed by atoms with Crippen LogP contribution in [0.3, 0.4) is 0 Å². The number of nitrogens with zero attached hydrogens (tertiary/aromatic N) is 2. The van der Waals surface area contributed by atoms with E-state index in [1.54, 1.807) is 0 Å². The minimum Gasteiger partial charge on any atom is -0.456 e. The highest BCUT2D eigenvalue weighted by Gasteiger charge is 2.23. The van der Waals surface area contributed by atoms with Gasteiger partial charge in [-0.15, -0.1) is 0 Å². The van der Waals surface area contributed by atoms with Crippen LogP contribution in [0.15, 0.2) is 242 Å². The summed E-state index contributed by atoms with van der Waals surface area (Å²) in [4.78, 5) is 4.44. The Hall–Kier alpha value is -9.26. The van der Waals surface area contributed by atoms with Crippen molar-refractivity contribution in [2.24, 2.45) is 0 Å². The van der Waals surface area contributed by atoms with Crippen molar-refractivity contribution in [2.45, 2.75) is 6.92 Å². The molecule has 0 atom stereocenters. The van der Waals surface area contributed by atoms with Crippen molar-refractivity contribution in [3.63, 3.8) is 0 Å². The van der Waals surface area contributed by atoms with E-state index in [-0.39, 0.29) is 0 Å². The summed E-state index contributed by atoms with van der Waals surface area (Å²) in [6, 6.07) is 65.6. The Kier molecular flexibility index (Phi) is 8.55. The second-order valence-electron chi connectivity index (χ2n) is 17.7. The summed E-state index contributed by atoms with van der Waals surface area (Å²) >= 11 is 0. The monoisotopic (exact) mass is 888 g/mol. The summed E-state index contributed by atoms with van der Waals surface area (Å²) in [6.07, 6.45) is 8.06. The molecule has 0 saturated carbocycles. The molecule has 0 fully saturated rings. The lowest BCUT2D eigenvalue weighted by molar-refractivity contribution is 0.663. The SMILES string of the molecule is C=C(/C=C\C=C/C)N(c1ccc2cc3c(cc2c1)oc1ccc2oc4cc5cc(N(c6ccccc6)c6cccc7c6oc6ccccc67)ccc5cc4c2c13)c1cccc2c1oc1ccccc12. The fraction of sp³-hybridized carbons (Fsp3) is 0.0159. The van der Waals surface area contributed by atoms with E-state index in [2.05, 4.69) is 156 Å². The average molecular weight is 889 g/mol. The number of anilines is 5. The maximum absolute atomic E-state index is 6.73. The van der Waals surface area contributed by atoms with Gasteiger partial charge in [-0.1, -0.05) is 116 Å². The first kappa shape index (κ1) is 39.0. The Morgan fingerprint density at radius 3 is 1.55 bits per heavy atom. The lowest BCUT2D eigenvalue weighted by atomic mass is 10.0. The van der Waals surface area contributed by atoms with Gasteiger partial charge in [-0.3, -0.25) is 0 Å². The minimum absolute atomic E-state index is 0.803. The normalized spacial score (nSPS) is 12.4. The second kappa shape index (κ2) is 15.1. The van der Waals surface area contributed by atoms with Crippen LogP contribution in [0, 0.1) is 0 Å². The number of fused-ring (bicyclic) bond motifs is 15. The summed E-state index contributed by atoms with van der Waals surface area (Å²) in [7, 11) is 0. The van der Waals surface area contributed by atoms with Crippen molar-refractivity contribution < 1.29 is 17.7 Å². The van der Waals surface area contributed by atoms with Crippen LogP contribution in [0.25, 0.3) is 109 Å². The maximum atomic E-state index is 6.73. The molecule has 0 aliphatic heterocycles. The zero-order chi connectivity index (χ0) is 45.7. The molecular formula is C63H40N2O4. The van der Waals surface area contributed by atoms with E-state index in [1.165, 1.54) is 0 Å². The molecule has 326 valence electrons. The Balaban J connectivity index is 0.895. The van der Waals surface area contributed by atoms with E-state index in [4.69, 9.17) is 17.7 Å². The predicted octanol–water partition coefficient (Wildman–Crippen LogP) is 18.8. The molecule has 6 heteroatoms. The average Bonchev–Trinajstić information content (AvgIpc) is 4.16. The molecule has 14 rings (SSSR count). The smallest absolute Gasteiger partial charge is 0.159 e. The van der Waals surface area contributed by atoms with E-state index in [1.807, 2.05) is 79.8 Å². The van der Waals surface area contributed by atoms with Gasteiger partial charge < -0.3 is 27.5 Å². The first-order chi connectivity index (χ1) is 34.1. The van der Waals surface area contributed by atoms with E-state index in [0.29, 0.717) is 0 Å². The summed E-state index contributed by atoms with van der Waals surface area (Å²) in [5, 5.41) is 12.8. The highest BCUT2D eigenvalue weighted by Crippen LogP contribution is 2.46. The van der Waals surface area contributed by atoms with Crippen LogP contribution < -0.4 is 9.80 Å². The Labute approximate surface area is 395 Å². The zero-order valence-corrected chi connectivity index (χ0v) is 37.4. The molecule has 0 spiro atoms. The predicted molar refractivity (Wildman–Crippen MR) is 287 cm³/mol. The summed E-state index contributed by atoms with van der Waals surface area (Å²) in [5.74, 6) is 0. The van der Waals surface area contributed by atoms with Gasteiger partial charge in [-0.2, -0.15) is 0 Å². The third-order valence-corrected chi connectivity index (χ3v) is 13.6. The first-order valence-electron chi connectivity index (χ1n) is 23.2. The molecule has 0 amide bonds. The van der Waals surface area contributed by atoms with Crippen LogP contribution >= 0.6 is 0 Å². The molecule has 6 nitrogen and oxygen atoms in total. The van der Waals surface area contributed by atoms with Gasteiger partial charge in [0.2, 0.25) is 0 Å². The van der Waals surface area contributed by atoms with Crippen molar-refractivity contribution in [1.29, 1.82) is 0 Å². The van der Waals surface area contributed by atoms with Crippen molar-refractivity contribution in [1.82, 2.24) is 0 Å². The van der Waals surface area contributed by atoms with E-state index < -0.39 is 0 Å². The van der Waals surface area contributed by atoms with Gasteiger partial charge in [0, 0.05) is 65.8 Å². The largest absolute Gasteiger partial charge is 0.456 e. The van der Waals surface area contributed by atoms with Crippen LogP contribution in [-0.4, -0.2) is 0 Å². The van der Waals surface area contributed by atoms with E-state index in [0.717, 1.165) is 143 Å². The van der Waals surface area contributed by atoms with Crippen LogP contribution in [0.1, 0.15) is 6.92 Å². The third-order valence-electron chi connectivity index (χ3n) is 13.6. The number of benzene rings is 10. The summed E-state index contributed by atoms with van der Waals surface area (Å²) in [5.41, 5.74) is 12.3. The van der Waals surface area contributed by atoms with Crippen molar-refractivity contribution in [3.05, 3.63) is 225 Å². The molecule has 4 heterocycles. The molecule has 0 aliphatic rings. The van der Waals surface area contributed by atoms with Gasteiger partial charge in [0.25, 0.3) is 0 Å². The first-order valence-corrected chi connectivity index (χ1v) is 23.2. The molecule has 0 bridgehead atoms. The second-order valence-corrected chi connectivity index (χ2v) is 17.7. The van der Waals surface area contributed by atoms with Crippen molar-refractivity contribution in [2.75, 3.05) is 9.80 Å². The maximum Gasteiger partial charge on any atom is 0.159 e. The molecule has 14 aromatic rings. The van der Waals surface area contributed by atoms with Crippen LogP contribution in [0.5, 0.6) is 0 Å². The number of furan rings is 4. The highest BCUT2D eigenvalue weighted by atomic mass is 16.3. The Bertz CT molecular complexity index is 4480. The van der Waals surface area contributed by atoms with Crippen molar-refractivity contribution in [3.8, 4) is 0 Å². The van der Waals surface area contributed by atoms with Crippen LogP contribution in [0.2, 0.25) is 0 Å². The van der Waals surface area contributed by atoms with Gasteiger partial charge >= 0.3 is 0 Å². The molecular weight excluding hydrogens is 849 g/mol. The Morgan fingerprint density at radius 1 is 0.391 bits per heavy atom. The molecule has 4 aromatic heterocycles. The lowest BCUT2D eigenvalue weighted by Crippen LogP contribution is -2.14.